The van der Waals surface area contributed by atoms with Gasteiger partial charge in [0, 0.05) is 29.6 Å². The molecule has 1 aliphatic rings. The molecule has 2 heterocycles. The fourth-order valence-corrected chi connectivity index (χ4v) is 4.86. The molecule has 2 N–H and O–H groups in total. The summed E-state index contributed by atoms with van der Waals surface area (Å²) >= 11 is 6.44. The van der Waals surface area contributed by atoms with Gasteiger partial charge in [-0.25, -0.2) is 19.6 Å². The van der Waals surface area contributed by atoms with Crippen LogP contribution in [0.15, 0.2) is 59.1 Å². The van der Waals surface area contributed by atoms with Gasteiger partial charge >= 0.3 is 11.9 Å². The summed E-state index contributed by atoms with van der Waals surface area (Å²) in [5.74, 6) is -4.34. The minimum absolute atomic E-state index is 0.0618. The largest absolute Gasteiger partial charge is 0.459 e. The Hall–Kier alpha value is -6.06. The number of nitro groups is 2. The average molecular weight is 748 g/mol. The molecule has 0 saturated carbocycles. The number of benzene rings is 2. The summed E-state index contributed by atoms with van der Waals surface area (Å²) in [7, 11) is 0. The second-order valence-electron chi connectivity index (χ2n) is 10.2. The second-order valence-corrected chi connectivity index (χ2v) is 11.4. The minimum atomic E-state index is -1.14. The maximum atomic E-state index is 13.3. The van der Waals surface area contributed by atoms with Gasteiger partial charge in [-0.3, -0.25) is 39.4 Å². The first-order valence-corrected chi connectivity index (χ1v) is 15.8. The molecule has 51 heavy (non-hydrogen) atoms. The van der Waals surface area contributed by atoms with Gasteiger partial charge in [-0.2, -0.15) is 0 Å². The van der Waals surface area contributed by atoms with Crippen molar-refractivity contribution in [3.05, 3.63) is 91.0 Å². The number of alkyl halides is 1. The van der Waals surface area contributed by atoms with Gasteiger partial charge < -0.3 is 24.9 Å². The number of hydroxylamine groups is 2. The van der Waals surface area contributed by atoms with Crippen molar-refractivity contribution in [3.63, 3.8) is 0 Å². The van der Waals surface area contributed by atoms with E-state index in [1.165, 1.54) is 60.8 Å². The van der Waals surface area contributed by atoms with Gasteiger partial charge in [0.25, 0.3) is 23.2 Å². The average Bonchev–Trinajstić information content (AvgIpc) is 3.58. The number of hydrogen-bond donors (Lipinski definition) is 2. The molecule has 3 amide bonds. The molecule has 3 aromatic rings. The topological polar surface area (TPSA) is 261 Å². The quantitative estimate of drug-likeness (QED) is 0.0500. The number of nitrogens with one attached hydrogen (secondary N) is 2. The molecular weight excluding hydrogens is 722 g/mol. The van der Waals surface area contributed by atoms with Gasteiger partial charge in [-0.1, -0.05) is 5.16 Å². The Kier molecular flexibility index (Phi) is 13.0. The van der Waals surface area contributed by atoms with Crippen LogP contribution in [0.1, 0.15) is 23.7 Å². The number of oxime groups is 1. The molecule has 20 nitrogen and oxygen atoms in total. The van der Waals surface area contributed by atoms with E-state index in [2.05, 4.69) is 20.8 Å². The number of β-lactam (4-membered cyclic amide) rings is 1. The third-order valence-electron chi connectivity index (χ3n) is 6.71. The first kappa shape index (κ1) is 37.8. The van der Waals surface area contributed by atoms with Crippen molar-refractivity contribution in [3.8, 4) is 0 Å². The summed E-state index contributed by atoms with van der Waals surface area (Å²) < 4.78 is 10.1. The lowest BCUT2D eigenvalue weighted by molar-refractivity contribution is -0.385. The molecular formula is C29H26ClN7O13S. The number of carbonyl (C=O) groups excluding carboxylic acids is 5. The van der Waals surface area contributed by atoms with Crippen LogP contribution in [0.5, 0.6) is 0 Å². The van der Waals surface area contributed by atoms with Gasteiger partial charge in [0.15, 0.2) is 17.5 Å². The van der Waals surface area contributed by atoms with Gasteiger partial charge in [0.2, 0.25) is 12.5 Å². The Morgan fingerprint density at radius 1 is 0.941 bits per heavy atom. The number of hydrogen-bond acceptors (Lipinski definition) is 16. The number of anilines is 1. The number of carbonyl (C=O) groups is 5. The number of nitro benzene ring substituents is 2. The van der Waals surface area contributed by atoms with Gasteiger partial charge in [-0.05, 0) is 42.3 Å². The standard InChI is InChI=1S/C29H26ClN7O13S/c1-16-25(28(42)35(16)50-14-24(40)48-12-18-4-8-20(9-5-18)37(45)46)33-27(41)26(21-15-51-29(31-21)32-22(38)10-30)34-49-13-23(39)47-11-17-2-6-19(7-3-17)36(43)44/h2-9,15-16,25H,10-14H2,1H3,(H,33,41)(H,31,32,38)/b34-26-/t16-,25-/m0/s1. The Bertz CT molecular complexity index is 1840. The molecule has 2 atom stereocenters. The Morgan fingerprint density at radius 3 is 2.00 bits per heavy atom. The van der Waals surface area contributed by atoms with Crippen LogP contribution in [0.4, 0.5) is 16.5 Å². The summed E-state index contributed by atoms with van der Waals surface area (Å²) in [6.07, 6.45) is 0. The number of aromatic nitrogens is 1. The van der Waals surface area contributed by atoms with E-state index in [1.807, 2.05) is 0 Å². The maximum Gasteiger partial charge on any atom is 0.347 e. The number of rotatable bonds is 17. The third-order valence-corrected chi connectivity index (χ3v) is 7.71. The molecule has 268 valence electrons. The van der Waals surface area contributed by atoms with Crippen molar-refractivity contribution < 1.29 is 53.0 Å². The normalized spacial score (nSPS) is 15.3. The Labute approximate surface area is 295 Å². The summed E-state index contributed by atoms with van der Waals surface area (Å²) in [6.45, 7) is -0.321. The highest BCUT2D eigenvalue weighted by Crippen LogP contribution is 2.22. The second kappa shape index (κ2) is 17.6. The molecule has 1 saturated heterocycles. The zero-order valence-corrected chi connectivity index (χ0v) is 27.8. The summed E-state index contributed by atoms with van der Waals surface area (Å²) in [4.78, 5) is 97.0. The molecule has 0 bridgehead atoms. The highest BCUT2D eigenvalue weighted by atomic mass is 35.5. The van der Waals surface area contributed by atoms with Crippen molar-refractivity contribution in [2.24, 2.45) is 5.16 Å². The van der Waals surface area contributed by atoms with Crippen molar-refractivity contribution in [1.82, 2.24) is 15.4 Å². The van der Waals surface area contributed by atoms with E-state index >= 15 is 0 Å². The van der Waals surface area contributed by atoms with E-state index in [0.29, 0.717) is 11.1 Å². The number of ether oxygens (including phenoxy) is 2. The first-order valence-electron chi connectivity index (χ1n) is 14.4. The molecule has 2 aromatic carbocycles. The zero-order chi connectivity index (χ0) is 37.1. The molecule has 22 heteroatoms. The summed E-state index contributed by atoms with van der Waals surface area (Å²) in [5, 5.41) is 32.4. The van der Waals surface area contributed by atoms with Crippen LogP contribution in [0.25, 0.3) is 0 Å². The van der Waals surface area contributed by atoms with Crippen LogP contribution in [-0.2, 0) is 56.3 Å². The van der Waals surface area contributed by atoms with Crippen molar-refractivity contribution in [2.75, 3.05) is 24.4 Å². The number of thiazole rings is 1. The van der Waals surface area contributed by atoms with Gasteiger partial charge in [-0.15, -0.1) is 22.9 Å². The fourth-order valence-electron chi connectivity index (χ4n) is 4.08. The number of halogens is 1. The van der Waals surface area contributed by atoms with Gasteiger partial charge in [0.05, 0.1) is 15.9 Å². The highest BCUT2D eigenvalue weighted by Gasteiger charge is 2.47. The molecule has 1 fully saturated rings. The molecule has 0 aliphatic carbocycles. The van der Waals surface area contributed by atoms with Crippen LogP contribution in [0.3, 0.4) is 0 Å². The van der Waals surface area contributed by atoms with Crippen molar-refractivity contribution in [2.45, 2.75) is 32.2 Å². The lowest BCUT2D eigenvalue weighted by atomic mass is 10.00. The van der Waals surface area contributed by atoms with Crippen LogP contribution in [-0.4, -0.2) is 86.4 Å². The lowest BCUT2D eigenvalue weighted by Crippen LogP contribution is -2.70. The molecule has 0 radical (unpaired) electrons. The zero-order valence-electron chi connectivity index (χ0n) is 26.2. The smallest absolute Gasteiger partial charge is 0.347 e. The van der Waals surface area contributed by atoms with Crippen LogP contribution < -0.4 is 10.6 Å². The SMILES string of the molecule is C[C@H]1[C@H](NC(=O)/C(=N\OCC(=O)OCc2ccc([N+](=O)[O-])cc2)c2csc(NC(=O)CCl)n2)C(=O)N1OCC(=O)OCc1ccc([N+](=O)[O-])cc1. The van der Waals surface area contributed by atoms with E-state index in [1.54, 1.807) is 0 Å². The maximum absolute atomic E-state index is 13.3. The van der Waals surface area contributed by atoms with E-state index in [-0.39, 0.29) is 41.3 Å². The first-order chi connectivity index (χ1) is 24.4. The number of amides is 3. The number of nitrogens with zero attached hydrogens (tertiary/aromatic N) is 5. The number of esters is 2. The fraction of sp³-hybridized carbons (Fsp3) is 0.276. The van der Waals surface area contributed by atoms with E-state index in [9.17, 15) is 44.2 Å². The number of non-ortho nitro benzene ring substituents is 2. The van der Waals surface area contributed by atoms with Crippen molar-refractivity contribution in [1.29, 1.82) is 0 Å². The van der Waals surface area contributed by atoms with Gasteiger partial charge in [0.1, 0.15) is 30.8 Å². The van der Waals surface area contributed by atoms with Crippen LogP contribution in [0.2, 0.25) is 0 Å². The third kappa shape index (κ3) is 10.5. The predicted octanol–water partition coefficient (Wildman–Crippen LogP) is 1.99. The minimum Gasteiger partial charge on any atom is -0.459 e. The predicted molar refractivity (Wildman–Crippen MR) is 174 cm³/mol. The lowest BCUT2D eigenvalue weighted by Gasteiger charge is -2.43. The highest BCUT2D eigenvalue weighted by molar-refractivity contribution is 7.14. The van der Waals surface area contributed by atoms with E-state index in [0.717, 1.165) is 16.4 Å². The molecule has 1 aromatic heterocycles. The Balaban J connectivity index is 1.32. The van der Waals surface area contributed by atoms with E-state index < -0.39 is 70.5 Å². The molecule has 0 spiro atoms. The summed E-state index contributed by atoms with van der Waals surface area (Å²) in [6, 6.07) is 8.73. The van der Waals surface area contributed by atoms with Crippen LogP contribution in [0, 0.1) is 20.2 Å². The Morgan fingerprint density at radius 2 is 1.49 bits per heavy atom. The molecule has 1 aliphatic heterocycles. The summed E-state index contributed by atoms with van der Waals surface area (Å²) in [5.41, 5.74) is 0.108. The van der Waals surface area contributed by atoms with E-state index in [4.69, 9.17) is 30.7 Å². The molecule has 4 rings (SSSR count). The van der Waals surface area contributed by atoms with Crippen LogP contribution >= 0.6 is 22.9 Å². The monoisotopic (exact) mass is 747 g/mol. The molecule has 0 unspecified atom stereocenters. The van der Waals surface area contributed by atoms with Crippen molar-refractivity contribution >= 4 is 74.8 Å².